The number of phenolic OH excluding ortho intramolecular Hbond substituents is 1. The number of phenols is 1. The van der Waals surface area contributed by atoms with Gasteiger partial charge in [0.2, 0.25) is 0 Å². The van der Waals surface area contributed by atoms with Crippen LogP contribution in [-0.2, 0) is 20.2 Å². The first-order valence-corrected chi connectivity index (χ1v) is 14.8. The molecule has 5 rings (SSSR count). The molecule has 0 bridgehead atoms. The molecule has 1 radical (unpaired) electrons. The fourth-order valence-corrected chi connectivity index (χ4v) is 5.32. The fraction of sp³-hybridized carbons (Fsp3) is 0. The molecule has 0 aliphatic heterocycles. The van der Waals surface area contributed by atoms with E-state index < -0.39 is 47.4 Å². The van der Waals surface area contributed by atoms with Gasteiger partial charge in [0.25, 0.3) is 20.2 Å². The summed E-state index contributed by atoms with van der Waals surface area (Å²) in [7, 11) is -9.57. The van der Waals surface area contributed by atoms with E-state index in [-0.39, 0.29) is 44.2 Å². The summed E-state index contributed by atoms with van der Waals surface area (Å²) >= 11 is 0. The van der Waals surface area contributed by atoms with E-state index in [2.05, 4.69) is 20.5 Å². The molecule has 14 nitrogen and oxygen atoms in total. The van der Waals surface area contributed by atoms with Gasteiger partial charge in [-0.2, -0.15) is 21.9 Å². The van der Waals surface area contributed by atoms with Crippen LogP contribution in [0.4, 0.5) is 28.4 Å². The molecule has 5 aromatic rings. The number of hydrogen-bond acceptors (Lipinski definition) is 10. The molecule has 0 spiro atoms. The maximum Gasteiger partial charge on any atom is 0.335 e. The number of nitrogens with zero attached hydrogens (tertiary/aromatic N) is 4. The Labute approximate surface area is 243 Å². The first-order valence-electron chi connectivity index (χ1n) is 11.9. The zero-order chi connectivity index (χ0) is 31.1. The molecular formula is C27H18N5O9S2. The van der Waals surface area contributed by atoms with Crippen LogP contribution in [-0.4, -0.2) is 42.1 Å². The van der Waals surface area contributed by atoms with Crippen molar-refractivity contribution in [3.63, 3.8) is 0 Å². The van der Waals surface area contributed by atoms with Gasteiger partial charge in [-0.3, -0.25) is 9.11 Å². The normalized spacial score (nSPS) is 12.5. The van der Waals surface area contributed by atoms with Gasteiger partial charge in [0.05, 0.1) is 33.2 Å². The minimum absolute atomic E-state index is 0.0108. The first kappa shape index (κ1) is 29.2. The van der Waals surface area contributed by atoms with Crippen LogP contribution in [0, 0.1) is 0 Å². The highest BCUT2D eigenvalue weighted by Gasteiger charge is 2.22. The lowest BCUT2D eigenvalue weighted by atomic mass is 10.1. The second kappa shape index (κ2) is 10.8. The topological polar surface area (TPSA) is 240 Å². The quantitative estimate of drug-likeness (QED) is 0.112. The predicted molar refractivity (Wildman–Crippen MR) is 154 cm³/mol. The Bertz CT molecular complexity index is 2230. The van der Waals surface area contributed by atoms with Crippen molar-refractivity contribution in [1.29, 1.82) is 0 Å². The van der Waals surface area contributed by atoms with Gasteiger partial charge in [0.15, 0.2) is 5.75 Å². The fourth-order valence-electron chi connectivity index (χ4n) is 4.15. The summed E-state index contributed by atoms with van der Waals surface area (Å²) in [5.41, 5.74) is 7.73. The number of aromatic carboxylic acids is 1. The zero-order valence-corrected chi connectivity index (χ0v) is 23.1. The second-order valence-electron chi connectivity index (χ2n) is 9.02. The van der Waals surface area contributed by atoms with Crippen molar-refractivity contribution in [2.45, 2.75) is 9.79 Å². The Kier molecular flexibility index (Phi) is 7.37. The molecule has 0 atom stereocenters. The van der Waals surface area contributed by atoms with E-state index >= 15 is 0 Å². The Balaban J connectivity index is 1.67. The summed E-state index contributed by atoms with van der Waals surface area (Å²) in [6.45, 7) is 0. The zero-order valence-electron chi connectivity index (χ0n) is 21.4. The summed E-state index contributed by atoms with van der Waals surface area (Å²) in [5.74, 6) is -1.79. The van der Waals surface area contributed by atoms with Crippen LogP contribution in [0.2, 0.25) is 0 Å². The molecule has 5 aromatic carbocycles. The van der Waals surface area contributed by atoms with Crippen LogP contribution in [0.15, 0.2) is 109 Å². The number of carboxylic acid groups (broad SMARTS) is 1. The van der Waals surface area contributed by atoms with Crippen LogP contribution < -0.4 is 5.73 Å². The Morgan fingerprint density at radius 2 is 1.33 bits per heavy atom. The number of hydrogen-bond donors (Lipinski definition) is 4. The molecule has 0 aliphatic carbocycles. The van der Waals surface area contributed by atoms with E-state index in [9.17, 15) is 35.8 Å². The van der Waals surface area contributed by atoms with Crippen LogP contribution >= 0.6 is 0 Å². The Morgan fingerprint density at radius 1 is 0.674 bits per heavy atom. The van der Waals surface area contributed by atoms with Crippen LogP contribution in [0.1, 0.15) is 10.4 Å². The smallest absolute Gasteiger partial charge is 0.335 e. The number of azo groups is 2. The predicted octanol–water partition coefficient (Wildman–Crippen LogP) is 6.64. The van der Waals surface area contributed by atoms with E-state index in [4.69, 9.17) is 10.8 Å². The van der Waals surface area contributed by atoms with Gasteiger partial charge in [-0.05, 0) is 72.1 Å². The van der Waals surface area contributed by atoms with Crippen molar-refractivity contribution in [2.75, 3.05) is 0 Å². The highest BCUT2D eigenvalue weighted by Crippen LogP contribution is 2.43. The standard InChI is InChI=1S/C27H18N5O9S2/c28-16-4-1-15-11-24(43(39,40)41)25(26(33)20(15)12-16)32-31-23-10-9-22(19-8-7-18(13-21(19)23)42(36,37)38)30-29-17-5-2-14(3-6-17)27(34)35/h1-13,28,33H,(H,34,35)(H,36,37,38)(H,39,40,41). The number of carboxylic acids is 1. The third kappa shape index (κ3) is 6.02. The second-order valence-corrected chi connectivity index (χ2v) is 11.8. The lowest BCUT2D eigenvalue weighted by Crippen LogP contribution is -1.99. The summed E-state index contributed by atoms with van der Waals surface area (Å²) in [4.78, 5) is 9.82. The van der Waals surface area contributed by atoms with Gasteiger partial charge in [-0.25, -0.2) is 4.79 Å². The third-order valence-corrected chi connectivity index (χ3v) is 7.93. The molecule has 0 aliphatic rings. The first-order chi connectivity index (χ1) is 20.2. The molecule has 0 aromatic heterocycles. The van der Waals surface area contributed by atoms with E-state index in [1.165, 1.54) is 60.7 Å². The lowest BCUT2D eigenvalue weighted by molar-refractivity contribution is 0.0697. The molecule has 0 heterocycles. The summed E-state index contributed by atoms with van der Waals surface area (Å²) in [6, 6.07) is 16.9. The van der Waals surface area contributed by atoms with Crippen LogP contribution in [0.5, 0.6) is 5.75 Å². The maximum absolute atomic E-state index is 12.1. The Morgan fingerprint density at radius 3 is 1.95 bits per heavy atom. The maximum atomic E-state index is 12.1. The summed E-state index contributed by atoms with van der Waals surface area (Å²) in [6.07, 6.45) is 0. The van der Waals surface area contributed by atoms with Gasteiger partial charge in [0.1, 0.15) is 10.6 Å². The largest absolute Gasteiger partial charge is 0.505 e. The minimum Gasteiger partial charge on any atom is -0.505 e. The molecular weight excluding hydrogens is 602 g/mol. The van der Waals surface area contributed by atoms with E-state index in [0.717, 1.165) is 18.2 Å². The molecule has 0 saturated heterocycles. The van der Waals surface area contributed by atoms with E-state index in [1.54, 1.807) is 0 Å². The van der Waals surface area contributed by atoms with Crippen LogP contribution in [0.25, 0.3) is 21.5 Å². The Hall–Kier alpha value is -5.29. The monoisotopic (exact) mass is 620 g/mol. The van der Waals surface area contributed by atoms with Gasteiger partial charge >= 0.3 is 5.97 Å². The van der Waals surface area contributed by atoms with Crippen molar-refractivity contribution < 1.29 is 40.9 Å². The van der Waals surface area contributed by atoms with Crippen molar-refractivity contribution in [2.24, 2.45) is 20.5 Å². The number of carbonyl (C=O) groups is 1. The number of fused-ring (bicyclic) bond motifs is 2. The van der Waals surface area contributed by atoms with Crippen molar-refractivity contribution >= 4 is 76.2 Å². The number of rotatable bonds is 7. The van der Waals surface area contributed by atoms with Gasteiger partial charge in [-0.15, -0.1) is 15.3 Å². The third-order valence-electron chi connectivity index (χ3n) is 6.22. The molecule has 43 heavy (non-hydrogen) atoms. The van der Waals surface area contributed by atoms with Gasteiger partial charge < -0.3 is 15.9 Å². The summed E-state index contributed by atoms with van der Waals surface area (Å²) < 4.78 is 67.4. The molecule has 0 saturated carbocycles. The SMILES string of the molecule is [NH]c1ccc2cc(S(=O)(=O)O)c(N=Nc3ccc(N=Nc4ccc(C(=O)O)cc4)c4ccc(S(=O)(=O)O)cc34)c(O)c2c1. The summed E-state index contributed by atoms with van der Waals surface area (Å²) in [5, 5.41) is 36.7. The molecule has 0 amide bonds. The molecule has 217 valence electrons. The lowest BCUT2D eigenvalue weighted by Gasteiger charge is -2.10. The molecule has 0 unspecified atom stereocenters. The van der Waals surface area contributed by atoms with Gasteiger partial charge in [0, 0.05) is 16.2 Å². The average Bonchev–Trinajstić information content (AvgIpc) is 2.95. The van der Waals surface area contributed by atoms with Crippen molar-refractivity contribution in [3.8, 4) is 5.75 Å². The van der Waals surface area contributed by atoms with E-state index in [1.807, 2.05) is 0 Å². The number of benzene rings is 5. The number of aromatic hydroxyl groups is 1. The van der Waals surface area contributed by atoms with Crippen LogP contribution in [0.3, 0.4) is 0 Å². The van der Waals surface area contributed by atoms with E-state index in [0.29, 0.717) is 5.69 Å². The minimum atomic E-state index is -4.91. The van der Waals surface area contributed by atoms with Crippen molar-refractivity contribution in [3.05, 3.63) is 84.4 Å². The average molecular weight is 621 g/mol. The highest BCUT2D eigenvalue weighted by molar-refractivity contribution is 7.86. The van der Waals surface area contributed by atoms with Gasteiger partial charge in [-0.1, -0.05) is 12.1 Å². The highest BCUT2D eigenvalue weighted by atomic mass is 32.2. The molecule has 5 N–H and O–H groups in total. The number of nitrogens with one attached hydrogen (secondary N) is 1. The molecule has 16 heteroatoms. The van der Waals surface area contributed by atoms with Crippen molar-refractivity contribution in [1.82, 2.24) is 5.73 Å². The molecule has 0 fully saturated rings.